The molecule has 2 unspecified atom stereocenters. The molecule has 1 saturated heterocycles. The fourth-order valence-electron chi connectivity index (χ4n) is 2.48. The molecule has 0 spiro atoms. The maximum Gasteiger partial charge on any atom is 0.0813 e. The van der Waals surface area contributed by atoms with Crippen LogP contribution in [0.2, 0.25) is 0 Å². The lowest BCUT2D eigenvalue weighted by atomic mass is 10.2. The molecule has 0 radical (unpaired) electrons. The molecule has 2 atom stereocenters. The highest BCUT2D eigenvalue weighted by Crippen LogP contribution is 2.24. The number of rotatable bonds is 2. The van der Waals surface area contributed by atoms with Gasteiger partial charge in [-0.15, -0.1) is 11.3 Å². The van der Waals surface area contributed by atoms with Crippen LogP contribution in [0.25, 0.3) is 10.2 Å². The van der Waals surface area contributed by atoms with E-state index in [-0.39, 0.29) is 0 Å². The van der Waals surface area contributed by atoms with Crippen LogP contribution in [-0.4, -0.2) is 35.6 Å². The monoisotopic (exact) mass is 247 g/mol. The molecule has 90 valence electrons. The summed E-state index contributed by atoms with van der Waals surface area (Å²) in [5, 5.41) is 3.62. The van der Waals surface area contributed by atoms with Crippen LogP contribution in [0.1, 0.15) is 13.3 Å². The molecule has 1 N–H and O–H groups in total. The average Bonchev–Trinajstić information content (AvgIpc) is 2.86. The second kappa shape index (κ2) is 4.27. The smallest absolute Gasteiger partial charge is 0.0813 e. The van der Waals surface area contributed by atoms with Gasteiger partial charge in [0, 0.05) is 24.3 Å². The molecule has 1 fully saturated rings. The van der Waals surface area contributed by atoms with Crippen LogP contribution in [0.4, 0.5) is 5.69 Å². The number of nitrogens with one attached hydrogen (secondary N) is 1. The standard InChI is InChI=1S/C13H17N3S/c1-9-5-11(7-16(9)2)15-10-3-4-12-13(6-10)17-8-14-12/h3-4,6,8-9,11,15H,5,7H2,1-2H3. The van der Waals surface area contributed by atoms with Crippen molar-refractivity contribution in [2.24, 2.45) is 0 Å². The van der Waals surface area contributed by atoms with Crippen molar-refractivity contribution in [1.82, 2.24) is 9.88 Å². The fraction of sp³-hybridized carbons (Fsp3) is 0.462. The lowest BCUT2D eigenvalue weighted by molar-refractivity contribution is 0.330. The Kier molecular flexibility index (Phi) is 2.76. The van der Waals surface area contributed by atoms with Gasteiger partial charge in [0.05, 0.1) is 15.7 Å². The van der Waals surface area contributed by atoms with Crippen LogP contribution in [0.3, 0.4) is 0 Å². The van der Waals surface area contributed by atoms with Gasteiger partial charge in [-0.05, 0) is 38.6 Å². The largest absolute Gasteiger partial charge is 0.381 e. The summed E-state index contributed by atoms with van der Waals surface area (Å²) < 4.78 is 1.26. The van der Waals surface area contributed by atoms with Crippen LogP contribution in [0.5, 0.6) is 0 Å². The van der Waals surface area contributed by atoms with Gasteiger partial charge in [0.1, 0.15) is 0 Å². The predicted octanol–water partition coefficient (Wildman–Crippen LogP) is 2.80. The van der Waals surface area contributed by atoms with Crippen LogP contribution in [0, 0.1) is 0 Å². The maximum absolute atomic E-state index is 4.30. The molecular formula is C13H17N3S. The third-order valence-corrected chi connectivity index (χ3v) is 4.38. The maximum atomic E-state index is 4.30. The minimum absolute atomic E-state index is 0.570. The topological polar surface area (TPSA) is 28.2 Å². The van der Waals surface area contributed by atoms with Crippen LogP contribution >= 0.6 is 11.3 Å². The van der Waals surface area contributed by atoms with E-state index >= 15 is 0 Å². The third-order valence-electron chi connectivity index (χ3n) is 3.59. The van der Waals surface area contributed by atoms with Crippen molar-refractivity contribution in [3.63, 3.8) is 0 Å². The lowest BCUT2D eigenvalue weighted by Gasteiger charge is -2.14. The Morgan fingerprint density at radius 2 is 2.35 bits per heavy atom. The predicted molar refractivity (Wildman–Crippen MR) is 73.7 cm³/mol. The van der Waals surface area contributed by atoms with Crippen LogP contribution in [0.15, 0.2) is 23.7 Å². The van der Waals surface area contributed by atoms with Crippen molar-refractivity contribution >= 4 is 27.2 Å². The number of likely N-dealkylation sites (N-methyl/N-ethyl adjacent to an activating group) is 1. The molecule has 0 bridgehead atoms. The Hall–Kier alpha value is -1.13. The van der Waals surface area contributed by atoms with Crippen molar-refractivity contribution in [1.29, 1.82) is 0 Å². The van der Waals surface area contributed by atoms with Crippen molar-refractivity contribution < 1.29 is 0 Å². The van der Waals surface area contributed by atoms with Gasteiger partial charge in [-0.1, -0.05) is 0 Å². The summed E-state index contributed by atoms with van der Waals surface area (Å²) in [6.07, 6.45) is 1.22. The second-order valence-corrected chi connectivity index (χ2v) is 5.79. The Balaban J connectivity index is 1.76. The number of likely N-dealkylation sites (tertiary alicyclic amines) is 1. The summed E-state index contributed by atoms with van der Waals surface area (Å²) in [4.78, 5) is 6.70. The SMILES string of the molecule is CC1CC(Nc2ccc3ncsc3c2)CN1C. The Labute approximate surface area is 105 Å². The van der Waals surface area contributed by atoms with Crippen molar-refractivity contribution in [2.45, 2.75) is 25.4 Å². The lowest BCUT2D eigenvalue weighted by Crippen LogP contribution is -2.24. The number of nitrogens with zero attached hydrogens (tertiary/aromatic N) is 2. The van der Waals surface area contributed by atoms with E-state index in [9.17, 15) is 0 Å². The van der Waals surface area contributed by atoms with Gasteiger partial charge >= 0.3 is 0 Å². The molecule has 17 heavy (non-hydrogen) atoms. The summed E-state index contributed by atoms with van der Waals surface area (Å²) in [7, 11) is 2.19. The zero-order chi connectivity index (χ0) is 11.8. The first kappa shape index (κ1) is 11.0. The van der Waals surface area contributed by atoms with E-state index in [0.29, 0.717) is 12.1 Å². The minimum Gasteiger partial charge on any atom is -0.381 e. The Morgan fingerprint density at radius 3 is 3.12 bits per heavy atom. The average molecular weight is 247 g/mol. The minimum atomic E-state index is 0.570. The van der Waals surface area contributed by atoms with Gasteiger partial charge in [0.25, 0.3) is 0 Å². The molecule has 3 rings (SSSR count). The zero-order valence-electron chi connectivity index (χ0n) is 10.2. The van der Waals surface area contributed by atoms with E-state index in [1.54, 1.807) is 11.3 Å². The van der Waals surface area contributed by atoms with Crippen molar-refractivity contribution in [2.75, 3.05) is 18.9 Å². The van der Waals surface area contributed by atoms with E-state index in [4.69, 9.17) is 0 Å². The van der Waals surface area contributed by atoms with Gasteiger partial charge in [0.2, 0.25) is 0 Å². The Morgan fingerprint density at radius 1 is 1.47 bits per heavy atom. The van der Waals surface area contributed by atoms with Gasteiger partial charge < -0.3 is 10.2 Å². The van der Waals surface area contributed by atoms with Gasteiger partial charge in [-0.2, -0.15) is 0 Å². The molecule has 4 heteroatoms. The van der Waals surface area contributed by atoms with Crippen LogP contribution < -0.4 is 5.32 Å². The first-order valence-electron chi connectivity index (χ1n) is 6.02. The first-order valence-corrected chi connectivity index (χ1v) is 6.90. The number of benzene rings is 1. The van der Waals surface area contributed by atoms with E-state index in [0.717, 1.165) is 12.1 Å². The van der Waals surface area contributed by atoms with Gasteiger partial charge in [-0.25, -0.2) is 4.98 Å². The second-order valence-electron chi connectivity index (χ2n) is 4.90. The normalized spacial score (nSPS) is 25.5. The summed E-state index contributed by atoms with van der Waals surface area (Å²) in [5.74, 6) is 0. The van der Waals surface area contributed by atoms with Crippen LogP contribution in [-0.2, 0) is 0 Å². The number of thiazole rings is 1. The number of hydrogen-bond donors (Lipinski definition) is 1. The molecule has 3 nitrogen and oxygen atoms in total. The van der Waals surface area contributed by atoms with Crippen molar-refractivity contribution in [3.8, 4) is 0 Å². The first-order chi connectivity index (χ1) is 8.22. The highest BCUT2D eigenvalue weighted by molar-refractivity contribution is 7.16. The summed E-state index contributed by atoms with van der Waals surface area (Å²) in [6, 6.07) is 7.68. The van der Waals surface area contributed by atoms with Gasteiger partial charge in [-0.3, -0.25) is 0 Å². The molecular weight excluding hydrogens is 230 g/mol. The molecule has 0 aliphatic carbocycles. The number of aromatic nitrogens is 1. The molecule has 0 amide bonds. The van der Waals surface area contributed by atoms with E-state index < -0.39 is 0 Å². The molecule has 1 aliphatic heterocycles. The molecule has 0 saturated carbocycles. The molecule has 1 aliphatic rings. The van der Waals surface area contributed by atoms with Crippen molar-refractivity contribution in [3.05, 3.63) is 23.7 Å². The number of anilines is 1. The zero-order valence-corrected chi connectivity index (χ0v) is 11.0. The van der Waals surface area contributed by atoms with E-state index in [1.165, 1.54) is 16.8 Å². The molecule has 2 aromatic rings. The third kappa shape index (κ3) is 2.15. The summed E-state index contributed by atoms with van der Waals surface area (Å²) in [6.45, 7) is 3.41. The number of fused-ring (bicyclic) bond motifs is 1. The van der Waals surface area contributed by atoms with Gasteiger partial charge in [0.15, 0.2) is 0 Å². The quantitative estimate of drug-likeness (QED) is 0.884. The molecule has 2 heterocycles. The Bertz CT molecular complexity index is 512. The fourth-order valence-corrected chi connectivity index (χ4v) is 3.20. The summed E-state index contributed by atoms with van der Waals surface area (Å²) in [5.41, 5.74) is 4.21. The highest BCUT2D eigenvalue weighted by Gasteiger charge is 2.25. The number of hydrogen-bond acceptors (Lipinski definition) is 4. The highest BCUT2D eigenvalue weighted by atomic mass is 32.1. The molecule has 1 aromatic heterocycles. The van der Waals surface area contributed by atoms with E-state index in [1.807, 2.05) is 5.51 Å². The van der Waals surface area contributed by atoms with E-state index in [2.05, 4.69) is 47.4 Å². The summed E-state index contributed by atoms with van der Waals surface area (Å²) >= 11 is 1.70. The molecule has 1 aromatic carbocycles.